The number of hydrogen-bond acceptors (Lipinski definition) is 2. The first-order valence-electron chi connectivity index (χ1n) is 5.22. The Bertz CT molecular complexity index is 284. The molecule has 0 aromatic heterocycles. The quantitative estimate of drug-likeness (QED) is 0.493. The number of thiol groups is 1. The summed E-state index contributed by atoms with van der Waals surface area (Å²) in [5, 5.41) is 6.89. The fraction of sp³-hybridized carbons (Fsp3) is 0.417. The van der Waals surface area contributed by atoms with Crippen molar-refractivity contribution in [3.63, 3.8) is 0 Å². The van der Waals surface area contributed by atoms with Crippen LogP contribution in [-0.4, -0.2) is 23.1 Å². The summed E-state index contributed by atoms with van der Waals surface area (Å²) in [5.41, 5.74) is 1.43. The Kier molecular flexibility index (Phi) is 8.21. The smallest absolute Gasteiger partial charge is 0.290 e. The zero-order valence-corrected chi connectivity index (χ0v) is 11.5. The lowest BCUT2D eigenvalue weighted by molar-refractivity contribution is -0.122. The molecule has 4 heteroatoms. The van der Waals surface area contributed by atoms with E-state index in [1.165, 1.54) is 17.1 Å². The largest absolute Gasteiger partial charge is 0.483 e. The van der Waals surface area contributed by atoms with Crippen LogP contribution in [0.4, 0.5) is 0 Å². The molecule has 0 aliphatic rings. The van der Waals surface area contributed by atoms with Crippen LogP contribution in [0.3, 0.4) is 0 Å². The molecule has 0 unspecified atom stereocenters. The van der Waals surface area contributed by atoms with Gasteiger partial charge in [0.2, 0.25) is 0 Å². The van der Waals surface area contributed by atoms with Gasteiger partial charge in [-0.05, 0) is 17.1 Å². The van der Waals surface area contributed by atoms with Crippen LogP contribution in [-0.2, 0) is 10.5 Å². The molecule has 0 heterocycles. The highest BCUT2D eigenvalue weighted by molar-refractivity contribution is 8.87. The van der Waals surface area contributed by atoms with Crippen molar-refractivity contribution >= 4 is 27.2 Å². The highest BCUT2D eigenvalue weighted by Crippen LogP contribution is 2.54. The molecule has 0 bridgehead atoms. The molecule has 0 saturated heterocycles. The number of rotatable bonds is 4. The van der Waals surface area contributed by atoms with Gasteiger partial charge in [0.25, 0.3) is 6.47 Å². The zero-order chi connectivity index (χ0) is 12.4. The van der Waals surface area contributed by atoms with E-state index in [1.807, 2.05) is 0 Å². The average Bonchev–Trinajstić information content (AvgIpc) is 2.31. The van der Waals surface area contributed by atoms with Crippen LogP contribution in [0.25, 0.3) is 0 Å². The molecule has 16 heavy (non-hydrogen) atoms. The molecule has 0 aliphatic heterocycles. The Labute approximate surface area is 104 Å². The molecule has 0 fully saturated rings. The Morgan fingerprint density at radius 2 is 1.69 bits per heavy atom. The van der Waals surface area contributed by atoms with E-state index in [1.54, 1.807) is 0 Å². The van der Waals surface area contributed by atoms with Gasteiger partial charge in [-0.1, -0.05) is 44.2 Å². The van der Waals surface area contributed by atoms with E-state index in [2.05, 4.69) is 44.2 Å². The predicted molar refractivity (Wildman–Crippen MR) is 76.5 cm³/mol. The molecule has 0 radical (unpaired) electrons. The van der Waals surface area contributed by atoms with Crippen LogP contribution in [0.2, 0.25) is 0 Å². The molecule has 0 spiro atoms. The van der Waals surface area contributed by atoms with E-state index in [0.29, 0.717) is 0 Å². The maximum atomic E-state index is 8.36. The molecule has 0 atom stereocenters. The second-order valence-corrected chi connectivity index (χ2v) is 9.08. The summed E-state index contributed by atoms with van der Waals surface area (Å²) in [6.07, 6.45) is 0. The molecule has 1 N–H and O–H groups in total. The van der Waals surface area contributed by atoms with Crippen LogP contribution < -0.4 is 0 Å². The van der Waals surface area contributed by atoms with Gasteiger partial charge < -0.3 is 5.11 Å². The van der Waals surface area contributed by atoms with Crippen molar-refractivity contribution in [3.05, 3.63) is 35.9 Å². The minimum absolute atomic E-state index is 0.250. The standard InChI is InChI=1S/C11H18S2.CH2O2/c1-3-13(12,4-2)10-11-8-6-5-7-9-11;2-1-3/h5-9,12H,3-4,10H2,1-2H3;1H,(H,2,3). The summed E-state index contributed by atoms with van der Waals surface area (Å²) in [6, 6.07) is 10.7. The Hall–Kier alpha value is -0.610. The van der Waals surface area contributed by atoms with Crippen LogP contribution in [0.5, 0.6) is 0 Å². The third-order valence-corrected chi connectivity index (χ3v) is 7.31. The maximum absolute atomic E-state index is 8.36. The van der Waals surface area contributed by atoms with E-state index < -0.39 is 9.06 Å². The summed E-state index contributed by atoms with van der Waals surface area (Å²) >= 11 is 4.81. The lowest BCUT2D eigenvalue weighted by Crippen LogP contribution is -2.01. The van der Waals surface area contributed by atoms with Gasteiger partial charge in [-0.15, -0.1) is 11.7 Å². The third kappa shape index (κ3) is 6.08. The second kappa shape index (κ2) is 8.53. The maximum Gasteiger partial charge on any atom is 0.290 e. The number of carbonyl (C=O) groups is 1. The summed E-state index contributed by atoms with van der Waals surface area (Å²) < 4.78 is 0. The van der Waals surface area contributed by atoms with Crippen LogP contribution in [0.15, 0.2) is 30.3 Å². The third-order valence-electron chi connectivity index (χ3n) is 2.35. The van der Waals surface area contributed by atoms with Crippen LogP contribution >= 0.6 is 20.7 Å². The summed E-state index contributed by atoms with van der Waals surface area (Å²) in [7, 11) is -0.673. The normalized spacial score (nSPS) is 11.2. The molecular weight excluding hydrogens is 240 g/mol. The average molecular weight is 260 g/mol. The number of carboxylic acid groups (broad SMARTS) is 1. The van der Waals surface area contributed by atoms with Gasteiger partial charge in [0.15, 0.2) is 0 Å². The van der Waals surface area contributed by atoms with Gasteiger partial charge in [-0.25, -0.2) is 0 Å². The van der Waals surface area contributed by atoms with Crippen molar-refractivity contribution in [1.29, 1.82) is 0 Å². The Morgan fingerprint density at radius 3 is 2.06 bits per heavy atom. The number of benzene rings is 1. The van der Waals surface area contributed by atoms with Crippen molar-refractivity contribution in [2.24, 2.45) is 0 Å². The fourth-order valence-electron chi connectivity index (χ4n) is 1.29. The molecule has 0 saturated carbocycles. The first kappa shape index (κ1) is 15.4. The Balaban J connectivity index is 0.000000673. The van der Waals surface area contributed by atoms with E-state index in [-0.39, 0.29) is 6.47 Å². The topological polar surface area (TPSA) is 37.3 Å². The highest BCUT2D eigenvalue weighted by atomic mass is 33.1. The molecule has 1 aromatic carbocycles. The van der Waals surface area contributed by atoms with E-state index in [9.17, 15) is 0 Å². The summed E-state index contributed by atoms with van der Waals surface area (Å²) in [5.74, 6) is 3.58. The zero-order valence-electron chi connectivity index (χ0n) is 9.80. The van der Waals surface area contributed by atoms with Gasteiger partial charge in [0, 0.05) is 5.75 Å². The minimum atomic E-state index is -0.673. The predicted octanol–water partition coefficient (Wildman–Crippen LogP) is 3.58. The van der Waals surface area contributed by atoms with E-state index in [4.69, 9.17) is 21.6 Å². The first-order chi connectivity index (χ1) is 7.61. The van der Waals surface area contributed by atoms with Crippen LogP contribution in [0, 0.1) is 0 Å². The van der Waals surface area contributed by atoms with Gasteiger partial charge in [0.05, 0.1) is 0 Å². The summed E-state index contributed by atoms with van der Waals surface area (Å²) in [4.78, 5) is 8.36. The fourth-order valence-corrected chi connectivity index (χ4v) is 3.37. The van der Waals surface area contributed by atoms with Gasteiger partial charge in [-0.3, -0.25) is 4.79 Å². The first-order valence-corrected chi connectivity index (χ1v) is 8.41. The molecule has 2 nitrogen and oxygen atoms in total. The Morgan fingerprint density at radius 1 is 1.25 bits per heavy atom. The van der Waals surface area contributed by atoms with Gasteiger partial charge in [-0.2, -0.15) is 9.06 Å². The van der Waals surface area contributed by atoms with Crippen molar-refractivity contribution in [1.82, 2.24) is 0 Å². The van der Waals surface area contributed by atoms with Crippen molar-refractivity contribution < 1.29 is 9.90 Å². The van der Waals surface area contributed by atoms with Crippen molar-refractivity contribution in [3.8, 4) is 0 Å². The lowest BCUT2D eigenvalue weighted by atomic mass is 10.2. The highest BCUT2D eigenvalue weighted by Gasteiger charge is 2.14. The number of hydrogen-bond donors (Lipinski definition) is 2. The molecule has 1 aromatic rings. The van der Waals surface area contributed by atoms with Crippen molar-refractivity contribution in [2.45, 2.75) is 19.6 Å². The van der Waals surface area contributed by atoms with Crippen molar-refractivity contribution in [2.75, 3.05) is 11.5 Å². The molecule has 0 aliphatic carbocycles. The molecule has 92 valence electrons. The van der Waals surface area contributed by atoms with Crippen LogP contribution in [0.1, 0.15) is 19.4 Å². The summed E-state index contributed by atoms with van der Waals surface area (Å²) in [6.45, 7) is 4.24. The molecule has 1 rings (SSSR count). The second-order valence-electron chi connectivity index (χ2n) is 3.31. The minimum Gasteiger partial charge on any atom is -0.483 e. The SMILES string of the molecule is CCS(S)(CC)Cc1ccccc1.O=CO. The molecule has 0 amide bonds. The van der Waals surface area contributed by atoms with E-state index >= 15 is 0 Å². The lowest BCUT2D eigenvalue weighted by Gasteiger charge is -2.32. The van der Waals surface area contributed by atoms with Gasteiger partial charge in [0.1, 0.15) is 0 Å². The van der Waals surface area contributed by atoms with Gasteiger partial charge >= 0.3 is 0 Å². The van der Waals surface area contributed by atoms with E-state index in [0.717, 1.165) is 5.75 Å². The molecular formula is C12H20O2S2. The monoisotopic (exact) mass is 260 g/mol.